The molecule has 0 spiro atoms. The third kappa shape index (κ3) is 2.93. The van der Waals surface area contributed by atoms with E-state index >= 15 is 0 Å². The predicted octanol–water partition coefficient (Wildman–Crippen LogP) is 3.62. The molecule has 3 N–H and O–H groups in total. The van der Waals surface area contributed by atoms with E-state index in [-0.39, 0.29) is 5.78 Å². The summed E-state index contributed by atoms with van der Waals surface area (Å²) in [6, 6.07) is 8.04. The summed E-state index contributed by atoms with van der Waals surface area (Å²) in [6.45, 7) is 3.92. The molecule has 2 aromatic rings. The van der Waals surface area contributed by atoms with E-state index in [0.717, 1.165) is 12.1 Å². The fraction of sp³-hybridized carbons (Fsp3) is 0.286. The maximum Gasteiger partial charge on any atom is 0.189 e. The molecule has 0 aliphatic heterocycles. The van der Waals surface area contributed by atoms with Crippen LogP contribution in [0.1, 0.15) is 35.5 Å². The Kier molecular flexibility index (Phi) is 4.16. The van der Waals surface area contributed by atoms with Crippen LogP contribution < -0.4 is 11.1 Å². The molecule has 0 atom stereocenters. The summed E-state index contributed by atoms with van der Waals surface area (Å²) in [5.74, 6) is 0.347. The van der Waals surface area contributed by atoms with E-state index in [1.165, 1.54) is 16.9 Å². The molecule has 0 bridgehead atoms. The van der Waals surface area contributed by atoms with Crippen molar-refractivity contribution in [3.8, 4) is 0 Å². The van der Waals surface area contributed by atoms with Crippen LogP contribution in [0.25, 0.3) is 0 Å². The number of carbonyl (C=O) groups excluding carboxylic acids is 1. The molecule has 0 unspecified atom stereocenters. The zero-order valence-corrected chi connectivity index (χ0v) is 11.9. The molecule has 1 aromatic carbocycles. The van der Waals surface area contributed by atoms with E-state index in [0.29, 0.717) is 22.2 Å². The number of aryl methyl sites for hydroxylation is 1. The van der Waals surface area contributed by atoms with E-state index in [2.05, 4.69) is 23.3 Å². The number of para-hydroxylation sites is 1. The van der Waals surface area contributed by atoms with Crippen LogP contribution in [0.15, 0.2) is 24.3 Å². The van der Waals surface area contributed by atoms with Gasteiger partial charge in [-0.15, -0.1) is 0 Å². The van der Waals surface area contributed by atoms with Crippen molar-refractivity contribution in [2.24, 2.45) is 0 Å². The number of anilines is 3. The molecule has 19 heavy (non-hydrogen) atoms. The number of ketones is 1. The number of hydrogen-bond acceptors (Lipinski definition) is 5. The molecule has 1 aromatic heterocycles. The van der Waals surface area contributed by atoms with Crippen LogP contribution in [0.4, 0.5) is 16.6 Å². The first kappa shape index (κ1) is 13.5. The highest BCUT2D eigenvalue weighted by Crippen LogP contribution is 2.29. The van der Waals surface area contributed by atoms with Crippen molar-refractivity contribution in [2.75, 3.05) is 11.1 Å². The quantitative estimate of drug-likeness (QED) is 0.818. The van der Waals surface area contributed by atoms with E-state index in [4.69, 9.17) is 5.73 Å². The monoisotopic (exact) mass is 275 g/mol. The SMILES string of the molecule is CCC(=O)c1sc(Nc2ccccc2CC)nc1N. The van der Waals surface area contributed by atoms with Crippen LogP contribution in [-0.2, 0) is 6.42 Å². The molecular weight excluding hydrogens is 258 g/mol. The minimum absolute atomic E-state index is 0.0341. The van der Waals surface area contributed by atoms with Gasteiger partial charge in [-0.05, 0) is 18.1 Å². The third-order valence-electron chi connectivity index (χ3n) is 2.87. The molecule has 0 saturated heterocycles. The highest BCUT2D eigenvalue weighted by Gasteiger charge is 2.14. The lowest BCUT2D eigenvalue weighted by Gasteiger charge is -2.07. The van der Waals surface area contributed by atoms with Crippen molar-refractivity contribution in [3.63, 3.8) is 0 Å². The topological polar surface area (TPSA) is 68.0 Å². The molecule has 0 saturated carbocycles. The van der Waals surface area contributed by atoms with Gasteiger partial charge < -0.3 is 11.1 Å². The van der Waals surface area contributed by atoms with Crippen LogP contribution in [0.3, 0.4) is 0 Å². The summed E-state index contributed by atoms with van der Waals surface area (Å²) in [5, 5.41) is 3.90. The summed E-state index contributed by atoms with van der Waals surface area (Å²) in [5.41, 5.74) is 8.00. The van der Waals surface area contributed by atoms with Gasteiger partial charge in [-0.2, -0.15) is 0 Å². The molecule has 4 nitrogen and oxygen atoms in total. The number of nitrogens with one attached hydrogen (secondary N) is 1. The molecule has 0 amide bonds. The zero-order valence-electron chi connectivity index (χ0n) is 11.1. The van der Waals surface area contributed by atoms with E-state index in [9.17, 15) is 4.79 Å². The molecule has 1 heterocycles. The lowest BCUT2D eigenvalue weighted by molar-refractivity contribution is 0.0992. The number of nitrogens with two attached hydrogens (primary N) is 1. The standard InChI is InChI=1S/C14H17N3OS/c1-3-9-7-5-6-8-10(9)16-14-17-13(15)12(19-14)11(18)4-2/h5-8H,3-4,15H2,1-2H3,(H,16,17). The van der Waals surface area contributed by atoms with Gasteiger partial charge in [0, 0.05) is 12.1 Å². The summed E-state index contributed by atoms with van der Waals surface area (Å²) < 4.78 is 0. The number of carbonyl (C=O) groups is 1. The Hall–Kier alpha value is -1.88. The van der Waals surface area contributed by atoms with Gasteiger partial charge in [0.1, 0.15) is 10.7 Å². The minimum atomic E-state index is 0.0341. The van der Waals surface area contributed by atoms with Gasteiger partial charge in [-0.25, -0.2) is 4.98 Å². The number of hydrogen-bond donors (Lipinski definition) is 2. The number of Topliss-reactive ketones (excluding diaryl/α,β-unsaturated/α-hetero) is 1. The Labute approximate surface area is 116 Å². The van der Waals surface area contributed by atoms with Gasteiger partial charge in [0.25, 0.3) is 0 Å². The van der Waals surface area contributed by atoms with Crippen molar-refractivity contribution >= 4 is 33.8 Å². The van der Waals surface area contributed by atoms with E-state index < -0.39 is 0 Å². The van der Waals surface area contributed by atoms with Crippen molar-refractivity contribution in [2.45, 2.75) is 26.7 Å². The summed E-state index contributed by atoms with van der Waals surface area (Å²) in [7, 11) is 0. The normalized spacial score (nSPS) is 10.4. The Morgan fingerprint density at radius 2 is 2.11 bits per heavy atom. The Morgan fingerprint density at radius 1 is 1.37 bits per heavy atom. The maximum atomic E-state index is 11.7. The average molecular weight is 275 g/mol. The molecular formula is C14H17N3OS. The van der Waals surface area contributed by atoms with E-state index in [1.54, 1.807) is 0 Å². The third-order valence-corrected chi connectivity index (χ3v) is 3.90. The maximum absolute atomic E-state index is 11.7. The van der Waals surface area contributed by atoms with Gasteiger partial charge >= 0.3 is 0 Å². The number of nitrogens with zero attached hydrogens (tertiary/aromatic N) is 1. The summed E-state index contributed by atoms with van der Waals surface area (Å²) in [4.78, 5) is 16.4. The number of thiazole rings is 1. The number of rotatable bonds is 5. The fourth-order valence-electron chi connectivity index (χ4n) is 1.81. The van der Waals surface area contributed by atoms with Crippen LogP contribution in [0.2, 0.25) is 0 Å². The van der Waals surface area contributed by atoms with Gasteiger partial charge in [-0.1, -0.05) is 43.4 Å². The molecule has 0 fully saturated rings. The molecule has 5 heteroatoms. The fourth-order valence-corrected chi connectivity index (χ4v) is 2.72. The first-order valence-corrected chi connectivity index (χ1v) is 7.11. The lowest BCUT2D eigenvalue weighted by Crippen LogP contribution is -1.98. The van der Waals surface area contributed by atoms with Crippen LogP contribution in [0.5, 0.6) is 0 Å². The molecule has 100 valence electrons. The lowest BCUT2D eigenvalue weighted by atomic mass is 10.1. The van der Waals surface area contributed by atoms with Gasteiger partial charge in [-0.3, -0.25) is 4.79 Å². The highest BCUT2D eigenvalue weighted by molar-refractivity contribution is 7.18. The average Bonchev–Trinajstić information content (AvgIpc) is 2.79. The second-order valence-corrected chi connectivity index (χ2v) is 5.14. The Bertz CT molecular complexity index is 592. The number of benzene rings is 1. The number of nitrogen functional groups attached to an aromatic ring is 1. The van der Waals surface area contributed by atoms with Crippen molar-refractivity contribution in [1.29, 1.82) is 0 Å². The molecule has 2 rings (SSSR count). The second kappa shape index (κ2) is 5.84. The van der Waals surface area contributed by atoms with Gasteiger partial charge in [0.2, 0.25) is 0 Å². The molecule has 0 radical (unpaired) electrons. The van der Waals surface area contributed by atoms with Crippen LogP contribution in [0, 0.1) is 0 Å². The smallest absolute Gasteiger partial charge is 0.189 e. The highest BCUT2D eigenvalue weighted by atomic mass is 32.1. The first-order chi connectivity index (χ1) is 9.15. The van der Waals surface area contributed by atoms with Gasteiger partial charge in [0.15, 0.2) is 10.9 Å². The number of aromatic nitrogens is 1. The van der Waals surface area contributed by atoms with Gasteiger partial charge in [0.05, 0.1) is 0 Å². The summed E-state index contributed by atoms with van der Waals surface area (Å²) in [6.07, 6.45) is 1.38. The van der Waals surface area contributed by atoms with E-state index in [1.807, 2.05) is 25.1 Å². The van der Waals surface area contributed by atoms with Crippen LogP contribution in [-0.4, -0.2) is 10.8 Å². The zero-order chi connectivity index (χ0) is 13.8. The first-order valence-electron chi connectivity index (χ1n) is 6.30. The van der Waals surface area contributed by atoms with Crippen molar-refractivity contribution in [1.82, 2.24) is 4.98 Å². The largest absolute Gasteiger partial charge is 0.382 e. The Morgan fingerprint density at radius 3 is 2.79 bits per heavy atom. The molecule has 0 aliphatic carbocycles. The second-order valence-electron chi connectivity index (χ2n) is 4.15. The summed E-state index contributed by atoms with van der Waals surface area (Å²) >= 11 is 1.31. The predicted molar refractivity (Wildman–Crippen MR) is 80.3 cm³/mol. The van der Waals surface area contributed by atoms with Crippen molar-refractivity contribution < 1.29 is 4.79 Å². The minimum Gasteiger partial charge on any atom is -0.382 e. The van der Waals surface area contributed by atoms with Crippen molar-refractivity contribution in [3.05, 3.63) is 34.7 Å². The molecule has 0 aliphatic rings. The van der Waals surface area contributed by atoms with Crippen LogP contribution >= 0.6 is 11.3 Å². The Balaban J connectivity index is 2.27.